The normalized spacial score (nSPS) is 35.4. The van der Waals surface area contributed by atoms with Crippen molar-refractivity contribution in [2.75, 3.05) is 32.1 Å². The van der Waals surface area contributed by atoms with Gasteiger partial charge in [-0.05, 0) is 12.8 Å². The van der Waals surface area contributed by atoms with Crippen LogP contribution in [-0.2, 0) is 9.53 Å². The van der Waals surface area contributed by atoms with E-state index in [-0.39, 0.29) is 5.91 Å². The first kappa shape index (κ1) is 12.2. The van der Waals surface area contributed by atoms with Crippen LogP contribution in [0, 0.1) is 0 Å². The van der Waals surface area contributed by atoms with E-state index in [0.29, 0.717) is 24.9 Å². The summed E-state index contributed by atoms with van der Waals surface area (Å²) in [5.74, 6) is 1.12. The van der Waals surface area contributed by atoms with Crippen molar-refractivity contribution in [3.8, 4) is 0 Å². The van der Waals surface area contributed by atoms with Crippen LogP contribution in [0.2, 0.25) is 0 Å². The van der Waals surface area contributed by atoms with Crippen molar-refractivity contribution in [2.24, 2.45) is 5.73 Å². The summed E-state index contributed by atoms with van der Waals surface area (Å²) >= 11 is 1.96. The molecule has 2 fully saturated rings. The largest absolute Gasteiger partial charge is 0.379 e. The lowest BCUT2D eigenvalue weighted by atomic mass is 9.98. The maximum Gasteiger partial charge on any atom is 0.245 e. The van der Waals surface area contributed by atoms with Crippen LogP contribution in [0.4, 0.5) is 0 Å². The Morgan fingerprint density at radius 3 is 3.12 bits per heavy atom. The molecule has 92 valence electrons. The number of hydrogen-bond donors (Lipinski definition) is 1. The maximum absolute atomic E-state index is 12.3. The topological polar surface area (TPSA) is 55.6 Å². The summed E-state index contributed by atoms with van der Waals surface area (Å²) < 4.78 is 5.25. The molecule has 0 spiro atoms. The van der Waals surface area contributed by atoms with Gasteiger partial charge in [-0.15, -0.1) is 0 Å². The summed E-state index contributed by atoms with van der Waals surface area (Å²) in [6.45, 7) is 4.84. The number of hydrogen-bond acceptors (Lipinski definition) is 4. The first-order valence-electron chi connectivity index (χ1n) is 5.93. The molecule has 4 nitrogen and oxygen atoms in total. The molecule has 0 bridgehead atoms. The van der Waals surface area contributed by atoms with Crippen molar-refractivity contribution >= 4 is 17.7 Å². The van der Waals surface area contributed by atoms with Crippen molar-refractivity contribution in [1.82, 2.24) is 4.90 Å². The van der Waals surface area contributed by atoms with E-state index >= 15 is 0 Å². The molecule has 2 rings (SSSR count). The van der Waals surface area contributed by atoms with Crippen molar-refractivity contribution in [3.63, 3.8) is 0 Å². The summed E-state index contributed by atoms with van der Waals surface area (Å²) in [5.41, 5.74) is 5.35. The second kappa shape index (κ2) is 4.94. The third-order valence-corrected chi connectivity index (χ3v) is 4.73. The Balaban J connectivity index is 1.98. The van der Waals surface area contributed by atoms with Crippen molar-refractivity contribution in [1.29, 1.82) is 0 Å². The van der Waals surface area contributed by atoms with Crippen LogP contribution >= 0.6 is 11.8 Å². The van der Waals surface area contributed by atoms with Gasteiger partial charge in [-0.25, -0.2) is 0 Å². The van der Waals surface area contributed by atoms with E-state index in [1.54, 1.807) is 0 Å². The highest BCUT2D eigenvalue weighted by molar-refractivity contribution is 8.00. The van der Waals surface area contributed by atoms with Crippen LogP contribution in [0.15, 0.2) is 0 Å². The lowest BCUT2D eigenvalue weighted by Gasteiger charge is -2.36. The minimum atomic E-state index is -0.750. The average Bonchev–Trinajstić information content (AvgIpc) is 2.76. The van der Waals surface area contributed by atoms with E-state index in [1.807, 2.05) is 16.7 Å². The number of amides is 1. The van der Waals surface area contributed by atoms with E-state index in [9.17, 15) is 4.79 Å². The Morgan fingerprint density at radius 2 is 2.50 bits per heavy atom. The minimum Gasteiger partial charge on any atom is -0.379 e. The fourth-order valence-corrected chi connectivity index (χ4v) is 3.40. The molecule has 2 N–H and O–H groups in total. The highest BCUT2D eigenvalue weighted by Gasteiger charge is 2.41. The molecule has 0 aromatic rings. The van der Waals surface area contributed by atoms with Crippen molar-refractivity contribution in [3.05, 3.63) is 0 Å². The molecule has 2 aliphatic rings. The predicted octanol–water partition coefficient (Wildman–Crippen LogP) is 0.458. The lowest BCUT2D eigenvalue weighted by molar-refractivity contribution is -0.136. The molecule has 0 radical (unpaired) electrons. The Bertz CT molecular complexity index is 267. The second-order valence-electron chi connectivity index (χ2n) is 4.61. The van der Waals surface area contributed by atoms with Gasteiger partial charge in [-0.3, -0.25) is 4.79 Å². The molecule has 0 aromatic carbocycles. The van der Waals surface area contributed by atoms with Crippen LogP contribution in [0.1, 0.15) is 19.8 Å². The quantitative estimate of drug-likeness (QED) is 0.766. The molecule has 2 aliphatic heterocycles. The lowest BCUT2D eigenvalue weighted by Crippen LogP contribution is -2.58. The Labute approximate surface area is 101 Å². The molecule has 5 heteroatoms. The molecule has 16 heavy (non-hydrogen) atoms. The molecule has 0 aliphatic carbocycles. The zero-order valence-electron chi connectivity index (χ0n) is 9.78. The summed E-state index contributed by atoms with van der Waals surface area (Å²) in [6.07, 6.45) is 1.77. The molecular weight excluding hydrogens is 224 g/mol. The number of thioether (sulfide) groups is 1. The number of carbonyl (C=O) groups excluding carboxylic acids is 1. The first-order valence-corrected chi connectivity index (χ1v) is 6.98. The van der Waals surface area contributed by atoms with Gasteiger partial charge in [0, 0.05) is 30.7 Å². The van der Waals surface area contributed by atoms with Crippen LogP contribution in [0.25, 0.3) is 0 Å². The van der Waals surface area contributed by atoms with Gasteiger partial charge in [0.1, 0.15) is 5.54 Å². The van der Waals surface area contributed by atoms with Gasteiger partial charge in [-0.2, -0.15) is 11.8 Å². The monoisotopic (exact) mass is 244 g/mol. The Kier molecular flexibility index (Phi) is 3.77. The zero-order chi connectivity index (χ0) is 11.6. The van der Waals surface area contributed by atoms with Gasteiger partial charge < -0.3 is 15.4 Å². The molecule has 0 saturated carbocycles. The van der Waals surface area contributed by atoms with E-state index in [2.05, 4.69) is 6.92 Å². The van der Waals surface area contributed by atoms with E-state index in [4.69, 9.17) is 10.5 Å². The predicted molar refractivity (Wildman–Crippen MR) is 65.5 cm³/mol. The molecule has 1 amide bonds. The molecular formula is C11H20N2O2S. The van der Waals surface area contributed by atoms with E-state index in [1.165, 1.54) is 0 Å². The Morgan fingerprint density at radius 1 is 1.69 bits per heavy atom. The Hall–Kier alpha value is -0.260. The number of rotatable bonds is 2. The van der Waals surface area contributed by atoms with Crippen LogP contribution in [0.5, 0.6) is 0 Å². The number of nitrogens with two attached hydrogens (primary N) is 1. The highest BCUT2D eigenvalue weighted by atomic mass is 32.2. The van der Waals surface area contributed by atoms with Gasteiger partial charge in [0.25, 0.3) is 0 Å². The molecule has 2 saturated heterocycles. The maximum atomic E-state index is 12.3. The van der Waals surface area contributed by atoms with Crippen LogP contribution in [-0.4, -0.2) is 53.7 Å². The smallest absolute Gasteiger partial charge is 0.245 e. The summed E-state index contributed by atoms with van der Waals surface area (Å²) in [7, 11) is 0. The molecule has 2 unspecified atom stereocenters. The standard InChI is InChI=1S/C11H20N2O2S/c1-2-9-7-13(4-6-16-9)10(14)11(12)3-5-15-8-11/h9H,2-8,12H2,1H3. The van der Waals surface area contributed by atoms with Gasteiger partial charge in [0.15, 0.2) is 0 Å². The third kappa shape index (κ3) is 2.36. The van der Waals surface area contributed by atoms with Crippen molar-refractivity contribution < 1.29 is 9.53 Å². The van der Waals surface area contributed by atoms with Crippen LogP contribution < -0.4 is 5.73 Å². The fourth-order valence-electron chi connectivity index (χ4n) is 2.22. The van der Waals surface area contributed by atoms with Crippen LogP contribution in [0.3, 0.4) is 0 Å². The van der Waals surface area contributed by atoms with Gasteiger partial charge in [-0.1, -0.05) is 6.92 Å². The zero-order valence-corrected chi connectivity index (χ0v) is 10.6. The van der Waals surface area contributed by atoms with Gasteiger partial charge >= 0.3 is 0 Å². The van der Waals surface area contributed by atoms with Gasteiger partial charge in [0.05, 0.1) is 6.61 Å². The summed E-state index contributed by atoms with van der Waals surface area (Å²) in [5, 5.41) is 0.573. The highest BCUT2D eigenvalue weighted by Crippen LogP contribution is 2.25. The number of carbonyl (C=O) groups is 1. The molecule has 2 atom stereocenters. The first-order chi connectivity index (χ1) is 7.65. The summed E-state index contributed by atoms with van der Waals surface area (Å²) in [4.78, 5) is 14.2. The van der Waals surface area contributed by atoms with Gasteiger partial charge in [0.2, 0.25) is 5.91 Å². The minimum absolute atomic E-state index is 0.0868. The molecule has 2 heterocycles. The average molecular weight is 244 g/mol. The van der Waals surface area contributed by atoms with Crippen molar-refractivity contribution in [2.45, 2.75) is 30.6 Å². The third-order valence-electron chi connectivity index (χ3n) is 3.36. The SMILES string of the molecule is CCC1CN(C(=O)C2(N)CCOC2)CCS1. The fraction of sp³-hybridized carbons (Fsp3) is 0.909. The summed E-state index contributed by atoms with van der Waals surface area (Å²) in [6, 6.07) is 0. The molecule has 0 aromatic heterocycles. The van der Waals surface area contributed by atoms with E-state index < -0.39 is 5.54 Å². The number of ether oxygens (including phenoxy) is 1. The van der Waals surface area contributed by atoms with E-state index in [0.717, 1.165) is 25.3 Å². The number of nitrogens with zero attached hydrogens (tertiary/aromatic N) is 1. The second-order valence-corrected chi connectivity index (χ2v) is 6.02.